The summed E-state index contributed by atoms with van der Waals surface area (Å²) < 4.78 is 6.81. The Morgan fingerprint density at radius 3 is 2.78 bits per heavy atom. The summed E-state index contributed by atoms with van der Waals surface area (Å²) in [5, 5.41) is 16.5. The van der Waals surface area contributed by atoms with Crippen LogP contribution in [0.1, 0.15) is 37.4 Å². The molecule has 0 saturated carbocycles. The lowest BCUT2D eigenvalue weighted by atomic mass is 10.2. The number of nitrogens with two attached hydrogens (primary N) is 1. The van der Waals surface area contributed by atoms with E-state index < -0.39 is 0 Å². The summed E-state index contributed by atoms with van der Waals surface area (Å²) in [6.45, 7) is 3.89. The predicted octanol–water partition coefficient (Wildman–Crippen LogP) is 1.32. The Morgan fingerprint density at radius 1 is 1.28 bits per heavy atom. The molecule has 2 aromatic rings. The normalized spacial score (nSPS) is 11.0. The smallest absolute Gasteiger partial charge is 0.226 e. The number of thioether (sulfide) groups is 1. The molecule has 7 nitrogen and oxygen atoms in total. The molecule has 0 fully saturated rings. The van der Waals surface area contributed by atoms with E-state index in [2.05, 4.69) is 27.3 Å². The zero-order chi connectivity index (χ0) is 13.0. The van der Waals surface area contributed by atoms with Gasteiger partial charge >= 0.3 is 0 Å². The molecule has 8 heteroatoms. The average molecular weight is 268 g/mol. The molecule has 2 rings (SSSR count). The van der Waals surface area contributed by atoms with Crippen molar-refractivity contribution in [3.63, 3.8) is 0 Å². The first-order valence-electron chi connectivity index (χ1n) is 5.82. The largest absolute Gasteiger partial charge is 0.425 e. The van der Waals surface area contributed by atoms with E-state index in [1.54, 1.807) is 6.92 Å². The number of rotatable bonds is 6. The maximum absolute atomic E-state index is 5.92. The third-order valence-electron chi connectivity index (χ3n) is 2.38. The zero-order valence-corrected chi connectivity index (χ0v) is 11.3. The minimum Gasteiger partial charge on any atom is -0.425 e. The van der Waals surface area contributed by atoms with Crippen LogP contribution in [0.25, 0.3) is 0 Å². The number of nitrogen functional groups attached to an aromatic ring is 1. The maximum Gasteiger partial charge on any atom is 0.226 e. The topological polar surface area (TPSA) is 95.6 Å². The second-order valence-electron chi connectivity index (χ2n) is 3.88. The molecular formula is C10H16N6OS. The van der Waals surface area contributed by atoms with Gasteiger partial charge in [-0.1, -0.05) is 25.1 Å². The summed E-state index contributed by atoms with van der Waals surface area (Å²) in [6.07, 6.45) is 3.01. The Morgan fingerprint density at radius 2 is 2.11 bits per heavy atom. The number of hydrogen-bond acceptors (Lipinski definition) is 7. The van der Waals surface area contributed by atoms with Gasteiger partial charge in [-0.3, -0.25) is 0 Å². The highest BCUT2D eigenvalue weighted by atomic mass is 32.2. The van der Waals surface area contributed by atoms with Crippen LogP contribution in [-0.2, 0) is 12.2 Å². The van der Waals surface area contributed by atoms with Gasteiger partial charge < -0.3 is 10.3 Å². The molecule has 0 aliphatic rings. The predicted molar refractivity (Wildman–Crippen MR) is 67.4 cm³/mol. The van der Waals surface area contributed by atoms with E-state index in [1.807, 2.05) is 0 Å². The van der Waals surface area contributed by atoms with Crippen molar-refractivity contribution >= 4 is 11.8 Å². The third-order valence-corrected chi connectivity index (χ3v) is 3.31. The first-order valence-corrected chi connectivity index (χ1v) is 6.80. The van der Waals surface area contributed by atoms with Crippen LogP contribution in [0.3, 0.4) is 0 Å². The molecule has 0 amide bonds. The van der Waals surface area contributed by atoms with Crippen molar-refractivity contribution in [1.29, 1.82) is 0 Å². The fourth-order valence-corrected chi connectivity index (χ4v) is 2.15. The molecule has 18 heavy (non-hydrogen) atoms. The summed E-state index contributed by atoms with van der Waals surface area (Å²) in [7, 11) is 0. The number of nitrogens with zero attached hydrogens (tertiary/aromatic N) is 5. The van der Waals surface area contributed by atoms with Gasteiger partial charge in [0.1, 0.15) is 0 Å². The highest BCUT2D eigenvalue weighted by molar-refractivity contribution is 7.98. The van der Waals surface area contributed by atoms with E-state index in [-0.39, 0.29) is 0 Å². The van der Waals surface area contributed by atoms with Gasteiger partial charge in [0.05, 0.1) is 5.75 Å². The zero-order valence-electron chi connectivity index (χ0n) is 10.5. The highest BCUT2D eigenvalue weighted by Crippen LogP contribution is 2.19. The van der Waals surface area contributed by atoms with Gasteiger partial charge in [0.15, 0.2) is 5.82 Å². The van der Waals surface area contributed by atoms with Crippen molar-refractivity contribution < 1.29 is 4.42 Å². The molecule has 0 atom stereocenters. The molecule has 0 aliphatic carbocycles. The summed E-state index contributed by atoms with van der Waals surface area (Å²) in [4.78, 5) is 0. The fraction of sp³-hybridized carbons (Fsp3) is 0.600. The Labute approximate surface area is 109 Å². The molecule has 0 spiro atoms. The lowest BCUT2D eigenvalue weighted by Gasteiger charge is -2.01. The quantitative estimate of drug-likeness (QED) is 0.623. The van der Waals surface area contributed by atoms with Crippen molar-refractivity contribution in [2.75, 3.05) is 5.84 Å². The van der Waals surface area contributed by atoms with Crippen molar-refractivity contribution in [2.45, 2.75) is 44.0 Å². The first kappa shape index (κ1) is 12.9. The molecule has 2 aromatic heterocycles. The second kappa shape index (κ2) is 5.85. The minimum absolute atomic E-state index is 0.546. The lowest BCUT2D eigenvalue weighted by molar-refractivity contribution is 0.485. The second-order valence-corrected chi connectivity index (χ2v) is 4.82. The van der Waals surface area contributed by atoms with Crippen LogP contribution in [0.4, 0.5) is 0 Å². The van der Waals surface area contributed by atoms with Crippen molar-refractivity contribution in [1.82, 2.24) is 25.1 Å². The maximum atomic E-state index is 5.92. The lowest BCUT2D eigenvalue weighted by Crippen LogP contribution is -2.14. The molecule has 0 radical (unpaired) electrons. The molecule has 2 heterocycles. The average Bonchev–Trinajstić information content (AvgIpc) is 2.92. The Hall–Kier alpha value is -1.57. The first-order chi connectivity index (χ1) is 8.70. The van der Waals surface area contributed by atoms with Crippen molar-refractivity contribution in [3.8, 4) is 0 Å². The number of hydrogen-bond donors (Lipinski definition) is 1. The van der Waals surface area contributed by atoms with Gasteiger partial charge in [-0.25, -0.2) is 4.68 Å². The molecular weight excluding hydrogens is 252 g/mol. The number of unbranched alkanes of at least 4 members (excludes halogenated alkanes) is 1. The summed E-state index contributed by atoms with van der Waals surface area (Å²) in [5.74, 6) is 8.39. The number of aryl methyl sites for hydroxylation is 2. The summed E-state index contributed by atoms with van der Waals surface area (Å²) >= 11 is 1.44. The Balaban J connectivity index is 1.95. The van der Waals surface area contributed by atoms with E-state index in [4.69, 9.17) is 10.3 Å². The van der Waals surface area contributed by atoms with Crippen LogP contribution in [0.5, 0.6) is 0 Å². The Bertz CT molecular complexity index is 508. The molecule has 0 saturated heterocycles. The van der Waals surface area contributed by atoms with Crippen LogP contribution in [0.2, 0.25) is 0 Å². The molecule has 98 valence electrons. The van der Waals surface area contributed by atoms with Crippen LogP contribution in [-0.4, -0.2) is 25.1 Å². The SMILES string of the molecule is CCCCc1nnc(SCc2nnc(C)o2)n1N. The van der Waals surface area contributed by atoms with Crippen LogP contribution in [0.15, 0.2) is 9.57 Å². The Kier molecular flexibility index (Phi) is 4.19. The van der Waals surface area contributed by atoms with E-state index in [0.29, 0.717) is 22.7 Å². The molecule has 0 bridgehead atoms. The van der Waals surface area contributed by atoms with Gasteiger partial charge in [0, 0.05) is 13.3 Å². The van der Waals surface area contributed by atoms with E-state index >= 15 is 0 Å². The van der Waals surface area contributed by atoms with Crippen molar-refractivity contribution in [2.24, 2.45) is 0 Å². The van der Waals surface area contributed by atoms with Gasteiger partial charge in [-0.2, -0.15) is 0 Å². The van der Waals surface area contributed by atoms with E-state index in [9.17, 15) is 0 Å². The van der Waals surface area contributed by atoms with Crippen molar-refractivity contribution in [3.05, 3.63) is 17.6 Å². The van der Waals surface area contributed by atoms with Crippen LogP contribution >= 0.6 is 11.8 Å². The van der Waals surface area contributed by atoms with E-state index in [1.165, 1.54) is 16.4 Å². The van der Waals surface area contributed by atoms with Gasteiger partial charge in [0.25, 0.3) is 0 Å². The molecule has 2 N–H and O–H groups in total. The fourth-order valence-electron chi connectivity index (χ4n) is 1.43. The minimum atomic E-state index is 0.546. The molecule has 0 aliphatic heterocycles. The van der Waals surface area contributed by atoms with Crippen LogP contribution < -0.4 is 5.84 Å². The summed E-state index contributed by atoms with van der Waals surface area (Å²) in [5.41, 5.74) is 0. The van der Waals surface area contributed by atoms with Gasteiger partial charge in [0.2, 0.25) is 16.9 Å². The third kappa shape index (κ3) is 3.00. The molecule has 0 aromatic carbocycles. The van der Waals surface area contributed by atoms with Crippen LogP contribution in [0, 0.1) is 6.92 Å². The van der Waals surface area contributed by atoms with Gasteiger partial charge in [-0.15, -0.1) is 20.4 Å². The van der Waals surface area contributed by atoms with Gasteiger partial charge in [-0.05, 0) is 6.42 Å². The molecule has 0 unspecified atom stereocenters. The monoisotopic (exact) mass is 268 g/mol. The highest BCUT2D eigenvalue weighted by Gasteiger charge is 2.11. The summed E-state index contributed by atoms with van der Waals surface area (Å²) in [6, 6.07) is 0. The standard InChI is InChI=1S/C10H16N6OS/c1-3-4-5-8-13-15-10(16(8)11)18-6-9-14-12-7(2)17-9/h3-6,11H2,1-2H3. The number of aromatic nitrogens is 5. The van der Waals surface area contributed by atoms with E-state index in [0.717, 1.165) is 25.1 Å².